The Labute approximate surface area is 347 Å². The smallest absolute Gasteiger partial charge is 0.407 e. The van der Waals surface area contributed by atoms with E-state index in [0.29, 0.717) is 69.2 Å². The largest absolute Gasteiger partial charge is 0.492 e. The van der Waals surface area contributed by atoms with Crippen molar-refractivity contribution in [1.29, 1.82) is 0 Å². The summed E-state index contributed by atoms with van der Waals surface area (Å²) in [6.45, 7) is 14.6. The number of fused-ring (bicyclic) bond motifs is 1. The van der Waals surface area contributed by atoms with Gasteiger partial charge in [-0.3, -0.25) is 19.3 Å². The number of carbonyl (C=O) groups excluding carboxylic acids is 5. The van der Waals surface area contributed by atoms with E-state index in [0.717, 1.165) is 23.5 Å². The quantitative estimate of drug-likeness (QED) is 0.135. The van der Waals surface area contributed by atoms with Gasteiger partial charge >= 0.3 is 12.1 Å². The average Bonchev–Trinajstić information content (AvgIpc) is 3.20. The zero-order valence-electron chi connectivity index (χ0n) is 35.4. The Balaban J connectivity index is 1.15. The standard InChI is InChI=1S/C44H60N8O7/c1-8-40(54)52-30(2)28-38(36-12-9-10-13-37(36)52)51(23-11-22-45-43(57)59-44(4,5)6)34-18-14-32(15-19-34)47-39(53)29-46-42(56)48-33-16-20-35(21-17-33)58-27-26-50-25-24-49(7)41(55)31(50)3/h9-10,12-21,30-31,38H,8,11,22-29H2,1-7H3,(H,45,57)(H,47,53)(H2,46,48,56)/t30-,31+,38+/m0/s1. The molecule has 3 aromatic rings. The molecule has 0 bridgehead atoms. The number of likely N-dealkylation sites (N-methyl/N-ethyl adjacent to an activating group) is 1. The molecule has 2 aliphatic rings. The van der Waals surface area contributed by atoms with Crippen molar-refractivity contribution in [2.45, 2.75) is 84.5 Å². The zero-order chi connectivity index (χ0) is 42.7. The van der Waals surface area contributed by atoms with E-state index in [1.807, 2.05) is 89.0 Å². The minimum Gasteiger partial charge on any atom is -0.492 e. The number of alkyl carbamates (subject to hydrolysis) is 1. The average molecular weight is 813 g/mol. The molecule has 6 amide bonds. The van der Waals surface area contributed by atoms with Crippen molar-refractivity contribution >= 4 is 52.6 Å². The molecule has 4 N–H and O–H groups in total. The van der Waals surface area contributed by atoms with Crippen LogP contribution < -0.4 is 35.8 Å². The van der Waals surface area contributed by atoms with Crippen LogP contribution in [0.25, 0.3) is 0 Å². The summed E-state index contributed by atoms with van der Waals surface area (Å²) in [5, 5.41) is 11.0. The molecule has 15 heteroatoms. The van der Waals surface area contributed by atoms with Crippen LogP contribution in [-0.2, 0) is 19.1 Å². The first kappa shape index (κ1) is 44.3. The van der Waals surface area contributed by atoms with Crippen molar-refractivity contribution in [2.24, 2.45) is 0 Å². The maximum Gasteiger partial charge on any atom is 0.407 e. The Morgan fingerprint density at radius 2 is 1.56 bits per heavy atom. The molecule has 2 aliphatic heterocycles. The van der Waals surface area contributed by atoms with Crippen LogP contribution in [0.2, 0.25) is 0 Å². The second-order valence-electron chi connectivity index (χ2n) is 16.0. The Morgan fingerprint density at radius 3 is 2.25 bits per heavy atom. The van der Waals surface area contributed by atoms with E-state index < -0.39 is 23.6 Å². The molecule has 0 radical (unpaired) electrons. The van der Waals surface area contributed by atoms with E-state index in [-0.39, 0.29) is 36.5 Å². The molecule has 5 rings (SSSR count). The maximum absolute atomic E-state index is 13.0. The van der Waals surface area contributed by atoms with Crippen LogP contribution in [0.3, 0.4) is 0 Å². The van der Waals surface area contributed by atoms with Crippen molar-refractivity contribution in [3.63, 3.8) is 0 Å². The van der Waals surface area contributed by atoms with E-state index in [2.05, 4.69) is 44.1 Å². The number of piperazine rings is 1. The lowest BCUT2D eigenvalue weighted by Crippen LogP contribution is -2.55. The highest BCUT2D eigenvalue weighted by Gasteiger charge is 2.36. The number of nitrogens with one attached hydrogen (secondary N) is 4. The van der Waals surface area contributed by atoms with E-state index in [9.17, 15) is 24.0 Å². The third-order valence-electron chi connectivity index (χ3n) is 10.4. The lowest BCUT2D eigenvalue weighted by atomic mass is 9.89. The first-order valence-corrected chi connectivity index (χ1v) is 20.4. The first-order valence-electron chi connectivity index (χ1n) is 20.4. The predicted molar refractivity (Wildman–Crippen MR) is 230 cm³/mol. The van der Waals surface area contributed by atoms with Gasteiger partial charge in [0.05, 0.1) is 18.6 Å². The predicted octanol–water partition coefficient (Wildman–Crippen LogP) is 5.99. The van der Waals surface area contributed by atoms with Crippen molar-refractivity contribution in [2.75, 3.05) is 73.4 Å². The number of carbonyl (C=O) groups is 5. The van der Waals surface area contributed by atoms with Gasteiger partial charge in [-0.1, -0.05) is 25.1 Å². The summed E-state index contributed by atoms with van der Waals surface area (Å²) in [6.07, 6.45) is 1.27. The van der Waals surface area contributed by atoms with Crippen LogP contribution in [0, 0.1) is 0 Å². The maximum atomic E-state index is 13.0. The Bertz CT molecular complexity index is 1920. The third kappa shape index (κ3) is 12.3. The monoisotopic (exact) mass is 812 g/mol. The van der Waals surface area contributed by atoms with Gasteiger partial charge in [-0.25, -0.2) is 9.59 Å². The Kier molecular flexibility index (Phi) is 15.2. The lowest BCUT2D eigenvalue weighted by molar-refractivity contribution is -0.139. The molecule has 15 nitrogen and oxygen atoms in total. The van der Waals surface area contributed by atoms with Gasteiger partial charge in [0.25, 0.3) is 0 Å². The van der Waals surface area contributed by atoms with Gasteiger partial charge in [-0.2, -0.15) is 0 Å². The molecule has 0 aliphatic carbocycles. The van der Waals surface area contributed by atoms with Gasteiger partial charge in [-0.05, 0) is 108 Å². The number of benzene rings is 3. The summed E-state index contributed by atoms with van der Waals surface area (Å²) in [6, 6.07) is 21.6. The SMILES string of the molecule is CCC(=O)N1c2ccccc2[C@H](N(CCCNC(=O)OC(C)(C)C)c2ccc(NC(=O)CNC(=O)Nc3ccc(OCCN4CCN(C)C(=O)[C@H]4C)cc3)cc2)C[C@@H]1C. The highest BCUT2D eigenvalue weighted by Crippen LogP contribution is 2.42. The van der Waals surface area contributed by atoms with Gasteiger partial charge in [0.1, 0.15) is 18.0 Å². The van der Waals surface area contributed by atoms with Gasteiger partial charge in [0.15, 0.2) is 0 Å². The van der Waals surface area contributed by atoms with Crippen LogP contribution in [0.4, 0.5) is 32.3 Å². The minimum absolute atomic E-state index is 0.0392. The van der Waals surface area contributed by atoms with Crippen LogP contribution >= 0.6 is 0 Å². The van der Waals surface area contributed by atoms with Crippen LogP contribution in [0.1, 0.15) is 72.4 Å². The topological polar surface area (TPSA) is 165 Å². The summed E-state index contributed by atoms with van der Waals surface area (Å²) in [4.78, 5) is 71.1. The van der Waals surface area contributed by atoms with E-state index in [1.54, 1.807) is 29.2 Å². The molecule has 0 unspecified atom stereocenters. The van der Waals surface area contributed by atoms with Crippen molar-refractivity contribution in [3.05, 3.63) is 78.4 Å². The molecule has 3 aromatic carbocycles. The number of amides is 6. The molecule has 1 fully saturated rings. The van der Waals surface area contributed by atoms with Gasteiger partial charge in [-0.15, -0.1) is 0 Å². The number of ether oxygens (including phenoxy) is 2. The number of hydrogen-bond acceptors (Lipinski definition) is 9. The van der Waals surface area contributed by atoms with Gasteiger partial charge in [0, 0.05) is 75.0 Å². The minimum atomic E-state index is -0.598. The summed E-state index contributed by atoms with van der Waals surface area (Å²) in [7, 11) is 1.82. The third-order valence-corrected chi connectivity index (χ3v) is 10.4. The number of rotatable bonds is 15. The van der Waals surface area contributed by atoms with E-state index in [4.69, 9.17) is 9.47 Å². The number of para-hydroxylation sites is 1. The zero-order valence-corrected chi connectivity index (χ0v) is 35.4. The second-order valence-corrected chi connectivity index (χ2v) is 16.0. The van der Waals surface area contributed by atoms with E-state index >= 15 is 0 Å². The molecule has 2 heterocycles. The Morgan fingerprint density at radius 1 is 0.881 bits per heavy atom. The highest BCUT2D eigenvalue weighted by atomic mass is 16.6. The fourth-order valence-corrected chi connectivity index (χ4v) is 7.40. The Hall–Kier alpha value is -5.83. The number of anilines is 4. The van der Waals surface area contributed by atoms with Gasteiger partial charge in [0.2, 0.25) is 17.7 Å². The highest BCUT2D eigenvalue weighted by molar-refractivity contribution is 5.97. The number of hydrogen-bond donors (Lipinski definition) is 4. The molecule has 0 saturated carbocycles. The van der Waals surface area contributed by atoms with Crippen molar-refractivity contribution < 1.29 is 33.4 Å². The molecule has 59 heavy (non-hydrogen) atoms. The fraction of sp³-hybridized carbons (Fsp3) is 0.477. The van der Waals surface area contributed by atoms with Crippen LogP contribution in [-0.4, -0.2) is 110 Å². The molecular weight excluding hydrogens is 753 g/mol. The normalized spacial score (nSPS) is 18.0. The lowest BCUT2D eigenvalue weighted by Gasteiger charge is -2.44. The number of urea groups is 1. The van der Waals surface area contributed by atoms with Crippen LogP contribution in [0.15, 0.2) is 72.8 Å². The summed E-state index contributed by atoms with van der Waals surface area (Å²) < 4.78 is 11.3. The summed E-state index contributed by atoms with van der Waals surface area (Å²) >= 11 is 0. The van der Waals surface area contributed by atoms with E-state index in [1.165, 1.54) is 0 Å². The van der Waals surface area contributed by atoms with Gasteiger partial charge < -0.3 is 45.4 Å². The van der Waals surface area contributed by atoms with Crippen molar-refractivity contribution in [3.8, 4) is 5.75 Å². The first-order chi connectivity index (χ1) is 28.1. The van der Waals surface area contributed by atoms with Crippen molar-refractivity contribution in [1.82, 2.24) is 20.4 Å². The molecule has 0 aromatic heterocycles. The molecule has 1 saturated heterocycles. The summed E-state index contributed by atoms with van der Waals surface area (Å²) in [5.41, 5.74) is 3.36. The molecule has 318 valence electrons. The molecule has 0 spiro atoms. The molecular formula is C44H60N8O7. The molecule has 3 atom stereocenters. The number of nitrogens with zero attached hydrogens (tertiary/aromatic N) is 4. The fourth-order valence-electron chi connectivity index (χ4n) is 7.40. The summed E-state index contributed by atoms with van der Waals surface area (Å²) in [5.74, 6) is 0.428. The van der Waals surface area contributed by atoms with Crippen LogP contribution in [0.5, 0.6) is 5.75 Å². The second kappa shape index (κ2) is 20.2.